The molecule has 1 aromatic carbocycles. The van der Waals surface area contributed by atoms with Crippen LogP contribution in [0, 0.1) is 0 Å². The zero-order chi connectivity index (χ0) is 13.5. The number of para-hydroxylation sites is 1. The third kappa shape index (κ3) is 3.56. The number of nitrogens with zero attached hydrogens (tertiary/aromatic N) is 1. The van der Waals surface area contributed by atoms with Gasteiger partial charge in [0.05, 0.1) is 18.0 Å². The number of rotatable bonds is 7. The number of benzene rings is 1. The standard InChI is InChI=1S/C15H26N2O/c1-5-8-12(3)17(4)13-9-7-10-14(15(13)16)18-11-6-2/h7,9-10,12H,5-6,8,11,16H2,1-4H3. The Balaban J connectivity index is 2.88. The highest BCUT2D eigenvalue weighted by atomic mass is 16.5. The zero-order valence-electron chi connectivity index (χ0n) is 12.1. The number of hydrogen-bond donors (Lipinski definition) is 1. The average Bonchev–Trinajstić information content (AvgIpc) is 2.37. The smallest absolute Gasteiger partial charge is 0.144 e. The Hall–Kier alpha value is -1.38. The van der Waals surface area contributed by atoms with Crippen molar-refractivity contribution in [3.05, 3.63) is 18.2 Å². The third-order valence-electron chi connectivity index (χ3n) is 3.25. The van der Waals surface area contributed by atoms with Gasteiger partial charge in [-0.3, -0.25) is 0 Å². The lowest BCUT2D eigenvalue weighted by Gasteiger charge is -2.28. The summed E-state index contributed by atoms with van der Waals surface area (Å²) >= 11 is 0. The van der Waals surface area contributed by atoms with Gasteiger partial charge in [0.2, 0.25) is 0 Å². The minimum atomic E-state index is 0.485. The van der Waals surface area contributed by atoms with E-state index in [1.807, 2.05) is 12.1 Å². The molecular formula is C15H26N2O. The SMILES string of the molecule is CCCOc1cccc(N(C)C(C)CCC)c1N. The van der Waals surface area contributed by atoms with Crippen LogP contribution in [0.2, 0.25) is 0 Å². The van der Waals surface area contributed by atoms with Crippen LogP contribution in [0.3, 0.4) is 0 Å². The summed E-state index contributed by atoms with van der Waals surface area (Å²) < 4.78 is 5.66. The van der Waals surface area contributed by atoms with Crippen LogP contribution in [0.1, 0.15) is 40.0 Å². The van der Waals surface area contributed by atoms with Crippen LogP contribution in [-0.2, 0) is 0 Å². The second-order valence-electron chi connectivity index (χ2n) is 4.79. The molecule has 1 rings (SSSR count). The predicted octanol–water partition coefficient (Wildman–Crippen LogP) is 3.68. The van der Waals surface area contributed by atoms with Gasteiger partial charge in [0, 0.05) is 13.1 Å². The number of nitrogen functional groups attached to an aromatic ring is 1. The van der Waals surface area contributed by atoms with Crippen LogP contribution in [0.25, 0.3) is 0 Å². The molecule has 0 heterocycles. The molecule has 0 fully saturated rings. The minimum Gasteiger partial charge on any atom is -0.491 e. The molecule has 0 amide bonds. The monoisotopic (exact) mass is 250 g/mol. The third-order valence-corrected chi connectivity index (χ3v) is 3.25. The van der Waals surface area contributed by atoms with Gasteiger partial charge in [0.25, 0.3) is 0 Å². The van der Waals surface area contributed by atoms with E-state index in [-0.39, 0.29) is 0 Å². The molecule has 0 saturated carbocycles. The van der Waals surface area contributed by atoms with Gasteiger partial charge in [-0.15, -0.1) is 0 Å². The fourth-order valence-electron chi connectivity index (χ4n) is 2.03. The first-order valence-corrected chi connectivity index (χ1v) is 6.85. The summed E-state index contributed by atoms with van der Waals surface area (Å²) in [7, 11) is 2.09. The van der Waals surface area contributed by atoms with Crippen molar-refractivity contribution < 1.29 is 4.74 Å². The second kappa shape index (κ2) is 7.14. The number of ether oxygens (including phenoxy) is 1. The van der Waals surface area contributed by atoms with E-state index >= 15 is 0 Å². The van der Waals surface area contributed by atoms with Crippen LogP contribution >= 0.6 is 0 Å². The minimum absolute atomic E-state index is 0.485. The summed E-state index contributed by atoms with van der Waals surface area (Å²) in [5.74, 6) is 0.796. The molecule has 0 aliphatic heterocycles. The van der Waals surface area contributed by atoms with Crippen molar-refractivity contribution in [2.45, 2.75) is 46.1 Å². The molecule has 2 N–H and O–H groups in total. The fraction of sp³-hybridized carbons (Fsp3) is 0.600. The zero-order valence-corrected chi connectivity index (χ0v) is 12.1. The molecule has 3 heteroatoms. The predicted molar refractivity (Wildman–Crippen MR) is 79.4 cm³/mol. The summed E-state index contributed by atoms with van der Waals surface area (Å²) in [5.41, 5.74) is 8.00. The van der Waals surface area contributed by atoms with Gasteiger partial charge in [0.1, 0.15) is 5.75 Å². The summed E-state index contributed by atoms with van der Waals surface area (Å²) in [4.78, 5) is 2.23. The first kappa shape index (κ1) is 14.7. The van der Waals surface area contributed by atoms with Gasteiger partial charge in [-0.1, -0.05) is 26.3 Å². The van der Waals surface area contributed by atoms with E-state index in [1.54, 1.807) is 0 Å². The Morgan fingerprint density at radius 1 is 1.28 bits per heavy atom. The van der Waals surface area contributed by atoms with E-state index < -0.39 is 0 Å². The molecule has 1 unspecified atom stereocenters. The van der Waals surface area contributed by atoms with E-state index in [1.165, 1.54) is 6.42 Å². The number of anilines is 2. The molecular weight excluding hydrogens is 224 g/mol. The topological polar surface area (TPSA) is 38.5 Å². The van der Waals surface area contributed by atoms with Crippen LogP contribution < -0.4 is 15.4 Å². The van der Waals surface area contributed by atoms with Crippen LogP contribution in [0.5, 0.6) is 5.75 Å². The Morgan fingerprint density at radius 3 is 2.61 bits per heavy atom. The van der Waals surface area contributed by atoms with Gasteiger partial charge >= 0.3 is 0 Å². The van der Waals surface area contributed by atoms with Crippen molar-refractivity contribution >= 4 is 11.4 Å². The summed E-state index contributed by atoms with van der Waals surface area (Å²) in [6, 6.07) is 6.48. The average molecular weight is 250 g/mol. The highest BCUT2D eigenvalue weighted by molar-refractivity contribution is 5.74. The maximum Gasteiger partial charge on any atom is 0.144 e. The molecule has 0 saturated heterocycles. The Labute approximate surface area is 111 Å². The fourth-order valence-corrected chi connectivity index (χ4v) is 2.03. The number of hydrogen-bond acceptors (Lipinski definition) is 3. The second-order valence-corrected chi connectivity index (χ2v) is 4.79. The number of nitrogens with two attached hydrogens (primary N) is 1. The largest absolute Gasteiger partial charge is 0.491 e. The summed E-state index contributed by atoms with van der Waals surface area (Å²) in [5, 5.41) is 0. The maximum absolute atomic E-state index is 6.19. The lowest BCUT2D eigenvalue weighted by atomic mass is 10.1. The molecule has 0 aromatic heterocycles. The van der Waals surface area contributed by atoms with Gasteiger partial charge < -0.3 is 15.4 Å². The van der Waals surface area contributed by atoms with E-state index in [0.717, 1.165) is 30.0 Å². The van der Waals surface area contributed by atoms with E-state index in [4.69, 9.17) is 10.5 Å². The van der Waals surface area contributed by atoms with Crippen molar-refractivity contribution in [2.24, 2.45) is 0 Å². The quantitative estimate of drug-likeness (QED) is 0.750. The lowest BCUT2D eigenvalue weighted by Crippen LogP contribution is -2.29. The Bertz CT molecular complexity index is 366. The maximum atomic E-state index is 6.19. The molecule has 0 aliphatic rings. The van der Waals surface area contributed by atoms with Gasteiger partial charge in [0.15, 0.2) is 0 Å². The van der Waals surface area contributed by atoms with E-state index in [2.05, 4.69) is 38.8 Å². The first-order valence-electron chi connectivity index (χ1n) is 6.85. The molecule has 102 valence electrons. The van der Waals surface area contributed by atoms with Gasteiger partial charge in [-0.05, 0) is 31.9 Å². The van der Waals surface area contributed by atoms with Crippen molar-refractivity contribution in [3.63, 3.8) is 0 Å². The van der Waals surface area contributed by atoms with Crippen LogP contribution in [0.15, 0.2) is 18.2 Å². The molecule has 18 heavy (non-hydrogen) atoms. The molecule has 1 atom stereocenters. The van der Waals surface area contributed by atoms with E-state index in [0.29, 0.717) is 12.6 Å². The summed E-state index contributed by atoms with van der Waals surface area (Å²) in [6.07, 6.45) is 3.33. The molecule has 0 spiro atoms. The van der Waals surface area contributed by atoms with Crippen molar-refractivity contribution in [3.8, 4) is 5.75 Å². The van der Waals surface area contributed by atoms with Crippen LogP contribution in [0.4, 0.5) is 11.4 Å². The first-order chi connectivity index (χ1) is 8.61. The molecule has 0 aliphatic carbocycles. The van der Waals surface area contributed by atoms with Gasteiger partial charge in [-0.25, -0.2) is 0 Å². The van der Waals surface area contributed by atoms with E-state index in [9.17, 15) is 0 Å². The molecule has 0 bridgehead atoms. The highest BCUT2D eigenvalue weighted by Crippen LogP contribution is 2.33. The normalized spacial score (nSPS) is 12.2. The van der Waals surface area contributed by atoms with Gasteiger partial charge in [-0.2, -0.15) is 0 Å². The van der Waals surface area contributed by atoms with Crippen molar-refractivity contribution in [1.82, 2.24) is 0 Å². The molecule has 3 nitrogen and oxygen atoms in total. The Kier molecular flexibility index (Phi) is 5.83. The molecule has 1 aromatic rings. The summed E-state index contributed by atoms with van der Waals surface area (Å²) in [6.45, 7) is 7.23. The highest BCUT2D eigenvalue weighted by Gasteiger charge is 2.14. The Morgan fingerprint density at radius 2 is 2.00 bits per heavy atom. The molecule has 0 radical (unpaired) electrons. The van der Waals surface area contributed by atoms with Crippen molar-refractivity contribution in [1.29, 1.82) is 0 Å². The lowest BCUT2D eigenvalue weighted by molar-refractivity contribution is 0.319. The van der Waals surface area contributed by atoms with Crippen molar-refractivity contribution in [2.75, 3.05) is 24.3 Å². The van der Waals surface area contributed by atoms with Crippen LogP contribution in [-0.4, -0.2) is 19.7 Å².